The Balaban J connectivity index is 1.95. The molecule has 2 saturated heterocycles. The molecule has 0 radical (unpaired) electrons. The van der Waals surface area contributed by atoms with Gasteiger partial charge in [0.1, 0.15) is 24.3 Å². The quantitative estimate of drug-likeness (QED) is 0.481. The van der Waals surface area contributed by atoms with Crippen LogP contribution in [-0.4, -0.2) is 31.1 Å². The summed E-state index contributed by atoms with van der Waals surface area (Å²) in [6.45, 7) is 4.38. The van der Waals surface area contributed by atoms with Gasteiger partial charge < -0.3 is 9.47 Å². The summed E-state index contributed by atoms with van der Waals surface area (Å²) >= 11 is 5.96. The van der Waals surface area contributed by atoms with Gasteiger partial charge >= 0.3 is 0 Å². The monoisotopic (exact) mass is 339 g/mol. The number of carbonyl (C=O) groups is 2. The van der Waals surface area contributed by atoms with E-state index in [0.29, 0.717) is 12.2 Å². The van der Waals surface area contributed by atoms with Gasteiger partial charge in [-0.2, -0.15) is 0 Å². The highest BCUT2D eigenvalue weighted by molar-refractivity contribution is 6.32. The van der Waals surface area contributed by atoms with E-state index in [1.165, 1.54) is 6.07 Å². The second-order valence-corrected chi connectivity index (χ2v) is 6.10. The molecule has 122 valence electrons. The molecule has 0 spiro atoms. The van der Waals surface area contributed by atoms with E-state index in [1.807, 2.05) is 0 Å². The van der Waals surface area contributed by atoms with Gasteiger partial charge in [-0.15, -0.1) is 0 Å². The zero-order chi connectivity index (χ0) is 16.7. The Hall–Kier alpha value is -1.92. The minimum absolute atomic E-state index is 0.00639. The molecule has 0 aliphatic carbocycles. The van der Waals surface area contributed by atoms with Gasteiger partial charge in [0, 0.05) is 11.6 Å². The third-order valence-corrected chi connectivity index (χ3v) is 4.01. The van der Waals surface area contributed by atoms with Gasteiger partial charge in [-0.3, -0.25) is 9.59 Å². The van der Waals surface area contributed by atoms with Gasteiger partial charge in [-0.05, 0) is 19.9 Å². The van der Waals surface area contributed by atoms with Gasteiger partial charge in [0.05, 0.1) is 23.7 Å². The summed E-state index contributed by atoms with van der Waals surface area (Å²) in [5.74, 6) is -1.51. The van der Waals surface area contributed by atoms with Gasteiger partial charge in [-0.1, -0.05) is 17.2 Å². The number of rotatable bonds is 4. The van der Waals surface area contributed by atoms with Crippen molar-refractivity contribution in [3.63, 3.8) is 0 Å². The second kappa shape index (κ2) is 5.94. The minimum Gasteiger partial charge on any atom is -0.489 e. The van der Waals surface area contributed by atoms with E-state index in [0.717, 1.165) is 16.5 Å². The molecule has 2 amide bonds. The average molecular weight is 340 g/mol. The van der Waals surface area contributed by atoms with Crippen LogP contribution in [0.4, 0.5) is 10.1 Å². The maximum Gasteiger partial charge on any atom is 0.261 e. The van der Waals surface area contributed by atoms with E-state index in [1.54, 1.807) is 13.8 Å². The molecule has 2 heterocycles. The first-order valence-electron chi connectivity index (χ1n) is 7.15. The Morgan fingerprint density at radius 1 is 1.43 bits per heavy atom. The zero-order valence-corrected chi connectivity index (χ0v) is 13.4. The van der Waals surface area contributed by atoms with Crippen molar-refractivity contribution < 1.29 is 23.5 Å². The Morgan fingerprint density at radius 3 is 2.70 bits per heavy atom. The summed E-state index contributed by atoms with van der Waals surface area (Å²) < 4.78 is 24.7. The van der Waals surface area contributed by atoms with E-state index < -0.39 is 17.6 Å². The molecule has 0 bridgehead atoms. The molecule has 5 nitrogen and oxygen atoms in total. The molecule has 2 aliphatic rings. The maximum atomic E-state index is 14.2. The zero-order valence-electron chi connectivity index (χ0n) is 12.7. The lowest BCUT2D eigenvalue weighted by Crippen LogP contribution is -2.30. The molecular formula is C16H15ClFNO4. The van der Waals surface area contributed by atoms with Crippen molar-refractivity contribution >= 4 is 29.1 Å². The van der Waals surface area contributed by atoms with Crippen LogP contribution in [0.2, 0.25) is 5.02 Å². The normalized spacial score (nSPS) is 20.3. The summed E-state index contributed by atoms with van der Waals surface area (Å²) in [4.78, 5) is 25.3. The van der Waals surface area contributed by atoms with Crippen LogP contribution in [0.3, 0.4) is 0 Å². The van der Waals surface area contributed by atoms with Crippen LogP contribution < -0.4 is 9.64 Å². The molecule has 1 aromatic carbocycles. The van der Waals surface area contributed by atoms with E-state index in [2.05, 4.69) is 0 Å². The highest BCUT2D eigenvalue weighted by Crippen LogP contribution is 2.36. The van der Waals surface area contributed by atoms with Crippen LogP contribution in [-0.2, 0) is 14.3 Å². The molecule has 7 heteroatoms. The van der Waals surface area contributed by atoms with Crippen LogP contribution in [0, 0.1) is 5.82 Å². The van der Waals surface area contributed by atoms with Crippen molar-refractivity contribution in [3.8, 4) is 5.75 Å². The predicted octanol–water partition coefficient (Wildman–Crippen LogP) is 2.86. The lowest BCUT2D eigenvalue weighted by atomic mass is 10.1. The third kappa shape index (κ3) is 3.09. The number of imide groups is 1. The standard InChI is InChI=1S/C16H15ClFNO4/c1-8(2)10-3-15(20)19(16(10)21)13-5-14(11(17)4-12(13)18)23-7-9-6-22-9/h4-5,9H,3,6-7H2,1-2H3. The van der Waals surface area contributed by atoms with Crippen LogP contribution in [0.1, 0.15) is 20.3 Å². The van der Waals surface area contributed by atoms with Crippen molar-refractivity contribution in [1.29, 1.82) is 0 Å². The first-order valence-corrected chi connectivity index (χ1v) is 7.53. The summed E-state index contributed by atoms with van der Waals surface area (Å²) in [5, 5.41) is 0.0773. The number of epoxide rings is 1. The number of nitrogens with zero attached hydrogens (tertiary/aromatic N) is 1. The number of halogens is 2. The molecular weight excluding hydrogens is 325 g/mol. The smallest absolute Gasteiger partial charge is 0.261 e. The molecule has 1 aromatic rings. The molecule has 23 heavy (non-hydrogen) atoms. The molecule has 3 rings (SSSR count). The number of benzene rings is 1. The van der Waals surface area contributed by atoms with Gasteiger partial charge in [0.2, 0.25) is 5.91 Å². The first kappa shape index (κ1) is 16.0. The predicted molar refractivity (Wildman–Crippen MR) is 82.1 cm³/mol. The number of ether oxygens (including phenoxy) is 2. The Bertz CT molecular complexity index is 723. The average Bonchev–Trinajstić information content (AvgIpc) is 3.25. The van der Waals surface area contributed by atoms with Crippen LogP contribution >= 0.6 is 11.6 Å². The molecule has 2 aliphatic heterocycles. The summed E-state index contributed by atoms with van der Waals surface area (Å²) in [7, 11) is 0. The van der Waals surface area contributed by atoms with Crippen molar-refractivity contribution in [1.82, 2.24) is 0 Å². The summed E-state index contributed by atoms with van der Waals surface area (Å²) in [6.07, 6.45) is -0.0260. The van der Waals surface area contributed by atoms with Crippen molar-refractivity contribution in [3.05, 3.63) is 34.1 Å². The minimum atomic E-state index is -0.748. The highest BCUT2D eigenvalue weighted by Gasteiger charge is 2.37. The first-order chi connectivity index (χ1) is 10.9. The van der Waals surface area contributed by atoms with Gasteiger partial charge in [-0.25, -0.2) is 9.29 Å². The largest absolute Gasteiger partial charge is 0.489 e. The van der Waals surface area contributed by atoms with Crippen LogP contribution in [0.25, 0.3) is 0 Å². The maximum absolute atomic E-state index is 14.2. The lowest BCUT2D eigenvalue weighted by molar-refractivity contribution is -0.120. The molecule has 0 aromatic heterocycles. The lowest BCUT2D eigenvalue weighted by Gasteiger charge is -2.17. The number of carbonyl (C=O) groups excluding carboxylic acids is 2. The number of amides is 2. The molecule has 0 saturated carbocycles. The summed E-state index contributed by atoms with van der Waals surface area (Å²) in [5.41, 5.74) is 0.980. The Morgan fingerprint density at radius 2 is 2.13 bits per heavy atom. The summed E-state index contributed by atoms with van der Waals surface area (Å²) in [6, 6.07) is 2.32. The van der Waals surface area contributed by atoms with Crippen molar-refractivity contribution in [2.24, 2.45) is 0 Å². The topological polar surface area (TPSA) is 59.1 Å². The van der Waals surface area contributed by atoms with Crippen LogP contribution in [0.15, 0.2) is 23.3 Å². The fourth-order valence-electron chi connectivity index (χ4n) is 2.34. The van der Waals surface area contributed by atoms with Gasteiger partial charge in [0.15, 0.2) is 0 Å². The molecule has 1 atom stereocenters. The third-order valence-electron chi connectivity index (χ3n) is 3.71. The number of anilines is 1. The fraction of sp³-hybridized carbons (Fsp3) is 0.375. The van der Waals surface area contributed by atoms with Crippen molar-refractivity contribution in [2.75, 3.05) is 18.1 Å². The number of hydrogen-bond donors (Lipinski definition) is 0. The fourth-order valence-corrected chi connectivity index (χ4v) is 2.54. The van der Waals surface area contributed by atoms with E-state index in [4.69, 9.17) is 21.1 Å². The SMILES string of the molecule is CC(C)=C1CC(=O)N(c2cc(OCC3CO3)c(Cl)cc2F)C1=O. The molecule has 2 fully saturated rings. The van der Waals surface area contributed by atoms with Crippen molar-refractivity contribution in [2.45, 2.75) is 26.4 Å². The van der Waals surface area contributed by atoms with E-state index >= 15 is 0 Å². The highest BCUT2D eigenvalue weighted by atomic mass is 35.5. The Labute approximate surface area is 137 Å². The number of hydrogen-bond acceptors (Lipinski definition) is 4. The van der Waals surface area contributed by atoms with Crippen LogP contribution in [0.5, 0.6) is 5.75 Å². The van der Waals surface area contributed by atoms with Gasteiger partial charge in [0.25, 0.3) is 5.91 Å². The molecule has 0 N–H and O–H groups in total. The molecule has 1 unspecified atom stereocenters. The number of allylic oxidation sites excluding steroid dienone is 1. The van der Waals surface area contributed by atoms with E-state index in [9.17, 15) is 14.0 Å². The second-order valence-electron chi connectivity index (χ2n) is 5.69. The Kier molecular flexibility index (Phi) is 4.12. The van der Waals surface area contributed by atoms with E-state index in [-0.39, 0.29) is 35.6 Å².